The summed E-state index contributed by atoms with van der Waals surface area (Å²) in [6, 6.07) is 20.8. The van der Waals surface area contributed by atoms with Gasteiger partial charge in [0.05, 0.1) is 5.75 Å². The molecule has 0 fully saturated rings. The minimum absolute atomic E-state index is 0.623. The van der Waals surface area contributed by atoms with Crippen LogP contribution in [0, 0.1) is 5.92 Å². The first kappa shape index (κ1) is 17.1. The highest BCUT2D eigenvalue weighted by Gasteiger charge is 2.15. The van der Waals surface area contributed by atoms with Crippen LogP contribution in [0.3, 0.4) is 0 Å². The predicted octanol–water partition coefficient (Wildman–Crippen LogP) is 5.31. The fourth-order valence-corrected chi connectivity index (χ4v) is 3.98. The lowest BCUT2D eigenvalue weighted by atomic mass is 10.3. The smallest absolute Gasteiger partial charge is 0.195 e. The van der Waals surface area contributed by atoms with Crippen molar-refractivity contribution in [2.24, 2.45) is 5.92 Å². The molecule has 0 bridgehead atoms. The van der Waals surface area contributed by atoms with E-state index in [1.54, 1.807) is 23.5 Å². The maximum atomic E-state index is 4.46. The minimum Gasteiger partial charge on any atom is -0.273 e. The third-order valence-electron chi connectivity index (χ3n) is 3.37. The second-order valence-electron chi connectivity index (χ2n) is 5.88. The summed E-state index contributed by atoms with van der Waals surface area (Å²) in [5.74, 6) is 3.45. The normalized spacial score (nSPS) is 11.1. The average Bonchev–Trinajstić information content (AvgIpc) is 3.02. The molecule has 124 valence electrons. The predicted molar refractivity (Wildman–Crippen MR) is 103 cm³/mol. The summed E-state index contributed by atoms with van der Waals surface area (Å²) in [6.45, 7) is 4.45. The number of rotatable bonds is 7. The van der Waals surface area contributed by atoms with E-state index < -0.39 is 0 Å². The van der Waals surface area contributed by atoms with Crippen LogP contribution in [0.15, 0.2) is 70.7 Å². The molecule has 0 aliphatic rings. The SMILES string of the molecule is CC(C)CSc1nnc(CSc2ccccc2)n1-c1ccccc1. The number of benzene rings is 2. The van der Waals surface area contributed by atoms with Crippen LogP contribution in [-0.2, 0) is 5.75 Å². The molecule has 0 N–H and O–H groups in total. The molecule has 3 nitrogen and oxygen atoms in total. The lowest BCUT2D eigenvalue weighted by molar-refractivity contribution is 0.745. The van der Waals surface area contributed by atoms with Gasteiger partial charge in [-0.1, -0.05) is 62.0 Å². The maximum absolute atomic E-state index is 4.46. The molecule has 0 aliphatic heterocycles. The van der Waals surface area contributed by atoms with E-state index in [-0.39, 0.29) is 0 Å². The van der Waals surface area contributed by atoms with E-state index in [0.29, 0.717) is 5.92 Å². The highest BCUT2D eigenvalue weighted by atomic mass is 32.2. The van der Waals surface area contributed by atoms with E-state index in [0.717, 1.165) is 28.2 Å². The Bertz CT molecular complexity index is 755. The van der Waals surface area contributed by atoms with Gasteiger partial charge in [-0.05, 0) is 30.2 Å². The van der Waals surface area contributed by atoms with Gasteiger partial charge in [0.1, 0.15) is 5.82 Å². The van der Waals surface area contributed by atoms with Crippen LogP contribution in [0.25, 0.3) is 5.69 Å². The van der Waals surface area contributed by atoms with Crippen molar-refractivity contribution in [3.63, 3.8) is 0 Å². The lowest BCUT2D eigenvalue weighted by Crippen LogP contribution is -2.03. The summed E-state index contributed by atoms with van der Waals surface area (Å²) in [4.78, 5) is 1.25. The van der Waals surface area contributed by atoms with Crippen molar-refractivity contribution < 1.29 is 0 Å². The molecule has 2 aromatic carbocycles. The Kier molecular flexibility index (Phi) is 5.99. The summed E-state index contributed by atoms with van der Waals surface area (Å²) in [5.41, 5.74) is 1.12. The van der Waals surface area contributed by atoms with Gasteiger partial charge in [-0.15, -0.1) is 22.0 Å². The van der Waals surface area contributed by atoms with E-state index in [1.807, 2.05) is 12.1 Å². The Morgan fingerprint density at radius 3 is 2.21 bits per heavy atom. The van der Waals surface area contributed by atoms with Gasteiger partial charge in [-0.25, -0.2) is 0 Å². The van der Waals surface area contributed by atoms with E-state index in [2.05, 4.69) is 77.1 Å². The van der Waals surface area contributed by atoms with Crippen molar-refractivity contribution in [3.05, 3.63) is 66.5 Å². The second-order valence-corrected chi connectivity index (χ2v) is 7.91. The summed E-state index contributed by atoms with van der Waals surface area (Å²) in [6.07, 6.45) is 0. The van der Waals surface area contributed by atoms with Crippen molar-refractivity contribution in [2.75, 3.05) is 5.75 Å². The Morgan fingerprint density at radius 2 is 1.54 bits per heavy atom. The first-order chi connectivity index (χ1) is 11.7. The molecule has 5 heteroatoms. The highest BCUT2D eigenvalue weighted by molar-refractivity contribution is 7.99. The van der Waals surface area contributed by atoms with E-state index >= 15 is 0 Å². The molecule has 0 saturated heterocycles. The maximum Gasteiger partial charge on any atom is 0.195 e. The molecule has 1 heterocycles. The van der Waals surface area contributed by atoms with Gasteiger partial charge < -0.3 is 0 Å². The molecule has 0 radical (unpaired) electrons. The van der Waals surface area contributed by atoms with Crippen molar-refractivity contribution in [1.82, 2.24) is 14.8 Å². The Hall–Kier alpha value is -1.72. The van der Waals surface area contributed by atoms with Gasteiger partial charge >= 0.3 is 0 Å². The summed E-state index contributed by atoms with van der Waals surface area (Å²) in [7, 11) is 0. The zero-order valence-corrected chi connectivity index (χ0v) is 15.6. The number of aromatic nitrogens is 3. The molecule has 0 aliphatic carbocycles. The highest BCUT2D eigenvalue weighted by Crippen LogP contribution is 2.27. The van der Waals surface area contributed by atoms with Crippen molar-refractivity contribution in [3.8, 4) is 5.69 Å². The summed E-state index contributed by atoms with van der Waals surface area (Å²) in [5, 5.41) is 9.87. The molecular weight excluding hydrogens is 334 g/mol. The van der Waals surface area contributed by atoms with Crippen molar-refractivity contribution in [1.29, 1.82) is 0 Å². The first-order valence-electron chi connectivity index (χ1n) is 8.04. The quantitative estimate of drug-likeness (QED) is 0.538. The molecule has 1 aromatic heterocycles. The average molecular weight is 356 g/mol. The number of hydrogen-bond acceptors (Lipinski definition) is 4. The van der Waals surface area contributed by atoms with Gasteiger partial charge in [-0.2, -0.15) is 0 Å². The first-order valence-corrected chi connectivity index (χ1v) is 10.0. The zero-order valence-electron chi connectivity index (χ0n) is 13.9. The van der Waals surface area contributed by atoms with Gasteiger partial charge in [0.25, 0.3) is 0 Å². The standard InChI is InChI=1S/C19H21N3S2/c1-15(2)13-24-19-21-20-18(14-23-17-11-7-4-8-12-17)22(19)16-9-5-3-6-10-16/h3-12,15H,13-14H2,1-2H3. The second kappa shape index (κ2) is 8.40. The van der Waals surface area contributed by atoms with Crippen LogP contribution in [0.4, 0.5) is 0 Å². The Labute approximate surface area is 151 Å². The van der Waals surface area contributed by atoms with Crippen molar-refractivity contribution >= 4 is 23.5 Å². The largest absolute Gasteiger partial charge is 0.273 e. The van der Waals surface area contributed by atoms with Crippen LogP contribution in [0.5, 0.6) is 0 Å². The molecule has 3 rings (SSSR count). The fourth-order valence-electron chi connectivity index (χ4n) is 2.23. The number of para-hydroxylation sites is 1. The third-order valence-corrected chi connectivity index (χ3v) is 5.74. The summed E-state index contributed by atoms with van der Waals surface area (Å²) < 4.78 is 2.18. The van der Waals surface area contributed by atoms with E-state index in [1.165, 1.54) is 4.90 Å². The monoisotopic (exact) mass is 355 g/mol. The molecule has 0 amide bonds. The molecular formula is C19H21N3S2. The van der Waals surface area contributed by atoms with Crippen molar-refractivity contribution in [2.45, 2.75) is 29.7 Å². The van der Waals surface area contributed by atoms with Crippen LogP contribution in [0.1, 0.15) is 19.7 Å². The van der Waals surface area contributed by atoms with Crippen LogP contribution in [0.2, 0.25) is 0 Å². The number of thioether (sulfide) groups is 2. The lowest BCUT2D eigenvalue weighted by Gasteiger charge is -2.11. The fraction of sp³-hybridized carbons (Fsp3) is 0.263. The van der Waals surface area contributed by atoms with Crippen LogP contribution in [-0.4, -0.2) is 20.5 Å². The third kappa shape index (κ3) is 4.42. The molecule has 0 atom stereocenters. The molecule has 0 spiro atoms. The minimum atomic E-state index is 0.623. The Morgan fingerprint density at radius 1 is 0.875 bits per heavy atom. The topological polar surface area (TPSA) is 30.7 Å². The van der Waals surface area contributed by atoms with Crippen LogP contribution < -0.4 is 0 Å². The van der Waals surface area contributed by atoms with Gasteiger partial charge in [0.15, 0.2) is 5.16 Å². The van der Waals surface area contributed by atoms with E-state index in [4.69, 9.17) is 0 Å². The van der Waals surface area contributed by atoms with E-state index in [9.17, 15) is 0 Å². The zero-order chi connectivity index (χ0) is 16.8. The number of nitrogens with zero attached hydrogens (tertiary/aromatic N) is 3. The molecule has 3 aromatic rings. The molecule has 0 unspecified atom stereocenters. The van der Waals surface area contributed by atoms with Gasteiger partial charge in [-0.3, -0.25) is 4.57 Å². The van der Waals surface area contributed by atoms with Gasteiger partial charge in [0, 0.05) is 16.3 Å². The van der Waals surface area contributed by atoms with Crippen LogP contribution >= 0.6 is 23.5 Å². The summed E-state index contributed by atoms with van der Waals surface area (Å²) >= 11 is 3.56. The number of hydrogen-bond donors (Lipinski definition) is 0. The Balaban J connectivity index is 1.85. The van der Waals surface area contributed by atoms with Gasteiger partial charge in [0.2, 0.25) is 0 Å². The molecule has 0 saturated carbocycles. The molecule has 24 heavy (non-hydrogen) atoms.